The van der Waals surface area contributed by atoms with Crippen LogP contribution in [0.3, 0.4) is 0 Å². The van der Waals surface area contributed by atoms with E-state index >= 15 is 0 Å². The van der Waals surface area contributed by atoms with E-state index < -0.39 is 17.0 Å². The maximum absolute atomic E-state index is 14.3. The number of rotatable bonds is 6. The molecule has 134 valence electrons. The second-order valence-corrected chi connectivity index (χ2v) is 6.51. The zero-order valence-electron chi connectivity index (χ0n) is 14.7. The first kappa shape index (κ1) is 18.6. The van der Waals surface area contributed by atoms with E-state index in [1.165, 1.54) is 18.2 Å². The van der Waals surface area contributed by atoms with Gasteiger partial charge in [0, 0.05) is 37.7 Å². The molecule has 0 saturated heterocycles. The van der Waals surface area contributed by atoms with E-state index in [2.05, 4.69) is 15.6 Å². The summed E-state index contributed by atoms with van der Waals surface area (Å²) in [6.45, 7) is 2.98. The van der Waals surface area contributed by atoms with E-state index in [-0.39, 0.29) is 11.6 Å². The average molecular weight is 339 g/mol. The van der Waals surface area contributed by atoms with Crippen LogP contribution in [-0.2, 0) is 10.2 Å². The fraction of sp³-hybridized carbons (Fsp3) is 0.611. The highest BCUT2D eigenvalue weighted by Gasteiger charge is 2.40. The summed E-state index contributed by atoms with van der Waals surface area (Å²) in [5.74, 6) is -0.314. The Balaban J connectivity index is 2.14. The van der Waals surface area contributed by atoms with Crippen molar-refractivity contribution in [2.75, 3.05) is 27.3 Å². The van der Waals surface area contributed by atoms with Crippen LogP contribution >= 0.6 is 0 Å². The Kier molecular flexibility index (Phi) is 6.54. The molecule has 0 aliphatic heterocycles. The molecule has 24 heavy (non-hydrogen) atoms. The smallest absolute Gasteiger partial charge is 0.191 e. The zero-order chi connectivity index (χ0) is 17.6. The summed E-state index contributed by atoms with van der Waals surface area (Å²) in [5.41, 5.74) is -0.326. The zero-order valence-corrected chi connectivity index (χ0v) is 14.7. The van der Waals surface area contributed by atoms with Gasteiger partial charge in [-0.15, -0.1) is 0 Å². The van der Waals surface area contributed by atoms with Crippen molar-refractivity contribution in [2.45, 2.75) is 44.1 Å². The molecule has 1 unspecified atom stereocenters. The van der Waals surface area contributed by atoms with Crippen LogP contribution in [-0.4, -0.2) is 39.3 Å². The molecule has 0 amide bonds. The van der Waals surface area contributed by atoms with Crippen molar-refractivity contribution in [1.82, 2.24) is 10.6 Å². The minimum atomic E-state index is -0.530. The second kappa shape index (κ2) is 8.42. The van der Waals surface area contributed by atoms with Gasteiger partial charge >= 0.3 is 0 Å². The lowest BCUT2D eigenvalue weighted by atomic mass is 9.78. The van der Waals surface area contributed by atoms with Gasteiger partial charge in [-0.1, -0.05) is 18.9 Å². The number of aliphatic imine (C=N–C) groups is 1. The third-order valence-corrected chi connectivity index (χ3v) is 4.67. The minimum Gasteiger partial charge on any atom is -0.383 e. The van der Waals surface area contributed by atoms with Gasteiger partial charge in [0.05, 0.1) is 6.61 Å². The van der Waals surface area contributed by atoms with Crippen molar-refractivity contribution < 1.29 is 13.5 Å². The maximum Gasteiger partial charge on any atom is 0.191 e. The first-order chi connectivity index (χ1) is 11.5. The summed E-state index contributed by atoms with van der Waals surface area (Å²) >= 11 is 0. The van der Waals surface area contributed by atoms with Crippen molar-refractivity contribution in [3.8, 4) is 0 Å². The number of methoxy groups -OCH3 is 1. The predicted molar refractivity (Wildman–Crippen MR) is 92.3 cm³/mol. The molecule has 6 heteroatoms. The Labute approximate surface area is 142 Å². The lowest BCUT2D eigenvalue weighted by Gasteiger charge is -2.31. The van der Waals surface area contributed by atoms with Gasteiger partial charge in [-0.2, -0.15) is 0 Å². The van der Waals surface area contributed by atoms with E-state index in [4.69, 9.17) is 4.74 Å². The molecule has 1 saturated carbocycles. The van der Waals surface area contributed by atoms with E-state index in [1.54, 1.807) is 14.2 Å². The van der Waals surface area contributed by atoms with Crippen molar-refractivity contribution >= 4 is 5.96 Å². The first-order valence-corrected chi connectivity index (χ1v) is 8.43. The first-order valence-electron chi connectivity index (χ1n) is 8.43. The molecule has 1 aliphatic carbocycles. The molecule has 1 aromatic rings. The highest BCUT2D eigenvalue weighted by atomic mass is 19.1. The number of hydrogen-bond acceptors (Lipinski definition) is 2. The SMILES string of the molecule is CN=C(NCC1(c2c(F)cccc2F)CCCC1)NC(C)COC. The quantitative estimate of drug-likeness (QED) is 0.619. The third-order valence-electron chi connectivity index (χ3n) is 4.67. The topological polar surface area (TPSA) is 45.7 Å². The Morgan fingerprint density at radius 2 is 1.92 bits per heavy atom. The minimum absolute atomic E-state index is 0.0888. The van der Waals surface area contributed by atoms with Crippen LogP contribution < -0.4 is 10.6 Å². The molecular weight excluding hydrogens is 312 g/mol. The molecule has 2 rings (SSSR count). The van der Waals surface area contributed by atoms with E-state index in [1.807, 2.05) is 6.92 Å². The number of halogens is 2. The van der Waals surface area contributed by atoms with E-state index in [0.29, 0.717) is 19.1 Å². The third kappa shape index (κ3) is 4.23. The van der Waals surface area contributed by atoms with Crippen molar-refractivity contribution in [2.24, 2.45) is 4.99 Å². The number of ether oxygens (including phenoxy) is 1. The maximum atomic E-state index is 14.3. The van der Waals surface area contributed by atoms with Crippen molar-refractivity contribution in [3.63, 3.8) is 0 Å². The number of nitrogens with zero attached hydrogens (tertiary/aromatic N) is 1. The molecule has 1 atom stereocenters. The van der Waals surface area contributed by atoms with E-state index in [0.717, 1.165) is 25.7 Å². The summed E-state index contributed by atoms with van der Waals surface area (Å²) in [7, 11) is 3.32. The van der Waals surface area contributed by atoms with Crippen LogP contribution in [0.1, 0.15) is 38.2 Å². The molecule has 1 aliphatic rings. The number of hydrogen-bond donors (Lipinski definition) is 2. The molecule has 0 heterocycles. The molecule has 0 bridgehead atoms. The van der Waals surface area contributed by atoms with Gasteiger partial charge < -0.3 is 15.4 Å². The fourth-order valence-corrected chi connectivity index (χ4v) is 3.54. The largest absolute Gasteiger partial charge is 0.383 e. The summed E-state index contributed by atoms with van der Waals surface area (Å²) in [5, 5.41) is 6.46. The predicted octanol–water partition coefficient (Wildman–Crippen LogP) is 2.98. The second-order valence-electron chi connectivity index (χ2n) is 6.51. The van der Waals surface area contributed by atoms with Crippen LogP contribution in [0.5, 0.6) is 0 Å². The highest BCUT2D eigenvalue weighted by Crippen LogP contribution is 2.42. The van der Waals surface area contributed by atoms with Gasteiger partial charge in [0.1, 0.15) is 11.6 Å². The number of benzene rings is 1. The Bertz CT molecular complexity index is 551. The molecule has 0 radical (unpaired) electrons. The lowest BCUT2D eigenvalue weighted by Crippen LogP contribution is -2.48. The molecule has 1 aromatic carbocycles. The molecule has 0 aromatic heterocycles. The van der Waals surface area contributed by atoms with Crippen molar-refractivity contribution in [1.29, 1.82) is 0 Å². The molecular formula is C18H27F2N3O. The Morgan fingerprint density at radius 3 is 2.46 bits per heavy atom. The monoisotopic (exact) mass is 339 g/mol. The Hall–Kier alpha value is -1.69. The van der Waals surface area contributed by atoms with Gasteiger partial charge in [-0.25, -0.2) is 8.78 Å². The number of guanidine groups is 1. The van der Waals surface area contributed by atoms with Gasteiger partial charge in [-0.3, -0.25) is 4.99 Å². The summed E-state index contributed by atoms with van der Waals surface area (Å²) in [6.07, 6.45) is 3.48. The Morgan fingerprint density at radius 1 is 1.29 bits per heavy atom. The summed E-state index contributed by atoms with van der Waals surface area (Å²) in [4.78, 5) is 4.19. The standard InChI is InChI=1S/C18H27F2N3O/c1-13(11-24-3)23-17(21-2)22-12-18(9-4-5-10-18)16-14(19)7-6-8-15(16)20/h6-8,13H,4-5,9-12H2,1-3H3,(H2,21,22,23). The van der Waals surface area contributed by atoms with Crippen LogP contribution in [0.25, 0.3) is 0 Å². The van der Waals surface area contributed by atoms with Crippen molar-refractivity contribution in [3.05, 3.63) is 35.4 Å². The van der Waals surface area contributed by atoms with Crippen LogP contribution in [0, 0.1) is 11.6 Å². The van der Waals surface area contributed by atoms with Crippen LogP contribution in [0.15, 0.2) is 23.2 Å². The van der Waals surface area contributed by atoms with Gasteiger partial charge in [0.15, 0.2) is 5.96 Å². The normalized spacial score (nSPS) is 18.5. The molecule has 0 spiro atoms. The molecule has 2 N–H and O–H groups in total. The lowest BCUT2D eigenvalue weighted by molar-refractivity contribution is 0.179. The molecule has 1 fully saturated rings. The molecule has 4 nitrogen and oxygen atoms in total. The fourth-order valence-electron chi connectivity index (χ4n) is 3.54. The highest BCUT2D eigenvalue weighted by molar-refractivity contribution is 5.80. The van der Waals surface area contributed by atoms with Crippen LogP contribution in [0.4, 0.5) is 8.78 Å². The van der Waals surface area contributed by atoms with Gasteiger partial charge in [-0.05, 0) is 31.9 Å². The van der Waals surface area contributed by atoms with Gasteiger partial charge in [0.25, 0.3) is 0 Å². The summed E-state index contributed by atoms with van der Waals surface area (Å²) < 4.78 is 33.8. The average Bonchev–Trinajstić information content (AvgIpc) is 3.01. The number of nitrogens with one attached hydrogen (secondary N) is 2. The van der Waals surface area contributed by atoms with E-state index in [9.17, 15) is 8.78 Å². The summed E-state index contributed by atoms with van der Waals surface area (Å²) in [6, 6.07) is 4.18. The van der Waals surface area contributed by atoms with Gasteiger partial charge in [0.2, 0.25) is 0 Å². The van der Waals surface area contributed by atoms with Crippen LogP contribution in [0.2, 0.25) is 0 Å².